The van der Waals surface area contributed by atoms with Gasteiger partial charge in [-0.05, 0) is 38.3 Å². The molecule has 1 amide bonds. The Morgan fingerprint density at radius 3 is 2.84 bits per heavy atom. The van der Waals surface area contributed by atoms with Crippen LogP contribution in [0.2, 0.25) is 0 Å². The fourth-order valence-electron chi connectivity index (χ4n) is 4.73. The largest absolute Gasteiger partial charge is 0.493 e. The molecule has 2 aliphatic rings. The molecule has 0 saturated carbocycles. The van der Waals surface area contributed by atoms with E-state index in [2.05, 4.69) is 4.90 Å². The monoisotopic (exact) mass is 432 g/mol. The molecule has 1 aromatic heterocycles. The van der Waals surface area contributed by atoms with Gasteiger partial charge in [0.2, 0.25) is 11.9 Å². The van der Waals surface area contributed by atoms with Gasteiger partial charge >= 0.3 is 0 Å². The number of amides is 1. The predicted molar refractivity (Wildman–Crippen MR) is 123 cm³/mol. The third-order valence-corrected chi connectivity index (χ3v) is 6.35. The summed E-state index contributed by atoms with van der Waals surface area (Å²) in [7, 11) is 1.64. The first kappa shape index (κ1) is 20.5. The van der Waals surface area contributed by atoms with E-state index in [1.807, 2.05) is 54.3 Å². The summed E-state index contributed by atoms with van der Waals surface area (Å²) in [5.74, 6) is 2.23. The summed E-state index contributed by atoms with van der Waals surface area (Å²) in [5, 5.41) is 1.05. The molecule has 7 nitrogen and oxygen atoms in total. The summed E-state index contributed by atoms with van der Waals surface area (Å²) < 4.78 is 11.4. The molecular weight excluding hydrogens is 404 g/mol. The van der Waals surface area contributed by atoms with Crippen LogP contribution < -0.4 is 14.4 Å². The minimum atomic E-state index is -0.245. The van der Waals surface area contributed by atoms with Crippen LogP contribution in [-0.4, -0.2) is 53.6 Å². The van der Waals surface area contributed by atoms with Crippen LogP contribution in [0.5, 0.6) is 11.5 Å². The summed E-state index contributed by atoms with van der Waals surface area (Å²) in [6.45, 7) is 4.52. The van der Waals surface area contributed by atoms with Crippen molar-refractivity contribution in [2.45, 2.75) is 38.8 Å². The lowest BCUT2D eigenvalue weighted by Gasteiger charge is -2.32. The Hall–Kier alpha value is -3.35. The fraction of sp³-hybridized carbons (Fsp3) is 0.400. The van der Waals surface area contributed by atoms with Crippen LogP contribution in [0.4, 0.5) is 5.95 Å². The van der Waals surface area contributed by atoms with E-state index < -0.39 is 0 Å². The second kappa shape index (κ2) is 8.65. The summed E-state index contributed by atoms with van der Waals surface area (Å²) in [4.78, 5) is 27.3. The van der Waals surface area contributed by atoms with E-state index in [-0.39, 0.29) is 11.9 Å². The second-order valence-corrected chi connectivity index (χ2v) is 8.39. The summed E-state index contributed by atoms with van der Waals surface area (Å²) >= 11 is 0. The van der Waals surface area contributed by atoms with Crippen molar-refractivity contribution in [3.63, 3.8) is 0 Å². The van der Waals surface area contributed by atoms with Crippen LogP contribution in [0.15, 0.2) is 42.5 Å². The van der Waals surface area contributed by atoms with Crippen LogP contribution >= 0.6 is 0 Å². The average molecular weight is 433 g/mol. The van der Waals surface area contributed by atoms with E-state index in [0.29, 0.717) is 31.4 Å². The van der Waals surface area contributed by atoms with Gasteiger partial charge in [-0.1, -0.05) is 30.3 Å². The van der Waals surface area contributed by atoms with E-state index in [1.54, 1.807) is 7.11 Å². The Morgan fingerprint density at radius 2 is 1.97 bits per heavy atom. The lowest BCUT2D eigenvalue weighted by molar-refractivity contribution is -0.133. The number of nitrogens with zero attached hydrogens (tertiary/aromatic N) is 4. The molecule has 1 fully saturated rings. The van der Waals surface area contributed by atoms with E-state index in [0.717, 1.165) is 53.7 Å². The molecule has 0 bridgehead atoms. The number of hydrogen-bond donors (Lipinski definition) is 0. The maximum atomic E-state index is 13.7. The van der Waals surface area contributed by atoms with Crippen molar-refractivity contribution < 1.29 is 14.3 Å². The summed E-state index contributed by atoms with van der Waals surface area (Å²) in [6.07, 6.45) is 2.54. The van der Waals surface area contributed by atoms with Crippen LogP contribution in [0.1, 0.15) is 30.5 Å². The van der Waals surface area contributed by atoms with Crippen molar-refractivity contribution in [1.82, 2.24) is 14.9 Å². The van der Waals surface area contributed by atoms with Gasteiger partial charge < -0.3 is 19.3 Å². The summed E-state index contributed by atoms with van der Waals surface area (Å²) in [5.41, 5.74) is 2.82. The summed E-state index contributed by atoms with van der Waals surface area (Å²) in [6, 6.07) is 13.6. The van der Waals surface area contributed by atoms with E-state index >= 15 is 0 Å². The van der Waals surface area contributed by atoms with Gasteiger partial charge in [0, 0.05) is 30.6 Å². The molecule has 0 unspecified atom stereocenters. The van der Waals surface area contributed by atoms with Gasteiger partial charge in [0.1, 0.15) is 6.04 Å². The molecule has 32 heavy (non-hydrogen) atoms. The minimum absolute atomic E-state index is 0.132. The molecule has 1 atom stereocenters. The lowest BCUT2D eigenvalue weighted by Crippen LogP contribution is -2.47. The predicted octanol–water partition coefficient (Wildman–Crippen LogP) is 3.73. The Labute approximate surface area is 188 Å². The van der Waals surface area contributed by atoms with Gasteiger partial charge in [-0.3, -0.25) is 4.79 Å². The Kier molecular flexibility index (Phi) is 5.55. The molecule has 0 aliphatic carbocycles. The topological polar surface area (TPSA) is 67.8 Å². The number of aryl methyl sites for hydroxylation is 1. The van der Waals surface area contributed by atoms with Crippen molar-refractivity contribution in [2.24, 2.45) is 0 Å². The molecule has 3 heterocycles. The van der Waals surface area contributed by atoms with Crippen LogP contribution in [0, 0.1) is 6.92 Å². The van der Waals surface area contributed by atoms with Crippen LogP contribution in [0.25, 0.3) is 10.9 Å². The molecule has 0 radical (unpaired) electrons. The number of benzene rings is 2. The van der Waals surface area contributed by atoms with Crippen molar-refractivity contribution in [3.8, 4) is 11.5 Å². The first-order chi connectivity index (χ1) is 15.7. The van der Waals surface area contributed by atoms with Crippen molar-refractivity contribution in [3.05, 3.63) is 53.7 Å². The van der Waals surface area contributed by atoms with E-state index in [1.165, 1.54) is 0 Å². The van der Waals surface area contributed by atoms with Gasteiger partial charge in [0.05, 0.1) is 24.9 Å². The number of methoxy groups -OCH3 is 1. The number of carbonyl (C=O) groups is 1. The third-order valence-electron chi connectivity index (χ3n) is 6.35. The zero-order valence-corrected chi connectivity index (χ0v) is 18.6. The second-order valence-electron chi connectivity index (χ2n) is 8.39. The van der Waals surface area contributed by atoms with Gasteiger partial charge in [0.15, 0.2) is 11.5 Å². The molecule has 3 aromatic rings. The fourth-order valence-corrected chi connectivity index (χ4v) is 4.73. The van der Waals surface area contributed by atoms with E-state index in [4.69, 9.17) is 19.4 Å². The third kappa shape index (κ3) is 3.72. The minimum Gasteiger partial charge on any atom is -0.493 e. The normalized spacial score (nSPS) is 18.6. The standard InChI is InChI=1S/C25H28N4O3/c1-17-19-9-3-4-10-20(19)27-25(26-17)29-14-6-11-21(29)24(30)28-13-7-15-32-23-18(16-28)8-5-12-22(23)31-2/h3-5,8-10,12,21H,6-7,11,13-16H2,1-2H3/t21-/m1/s1. The quantitative estimate of drug-likeness (QED) is 0.628. The number of aromatic nitrogens is 2. The van der Waals surface area contributed by atoms with Crippen LogP contribution in [-0.2, 0) is 11.3 Å². The number of carbonyl (C=O) groups excluding carboxylic acids is 1. The maximum absolute atomic E-state index is 13.7. The highest BCUT2D eigenvalue weighted by Gasteiger charge is 2.36. The SMILES string of the molecule is COc1cccc2c1OCCCN(C(=O)[C@H]1CCCN1c1nc(C)c3ccccc3n1)C2. The zero-order chi connectivity index (χ0) is 22.1. The molecule has 166 valence electrons. The Balaban J connectivity index is 1.43. The highest BCUT2D eigenvalue weighted by atomic mass is 16.5. The highest BCUT2D eigenvalue weighted by molar-refractivity contribution is 5.87. The number of fused-ring (bicyclic) bond motifs is 2. The Morgan fingerprint density at radius 1 is 1.09 bits per heavy atom. The zero-order valence-electron chi connectivity index (χ0n) is 18.6. The number of rotatable bonds is 3. The van der Waals surface area contributed by atoms with Gasteiger partial charge in [0.25, 0.3) is 0 Å². The smallest absolute Gasteiger partial charge is 0.245 e. The molecule has 7 heteroatoms. The first-order valence-electron chi connectivity index (χ1n) is 11.2. The number of ether oxygens (including phenoxy) is 2. The molecule has 5 rings (SSSR count). The molecule has 2 aliphatic heterocycles. The number of para-hydroxylation sites is 2. The lowest BCUT2D eigenvalue weighted by atomic mass is 10.1. The van der Waals surface area contributed by atoms with Crippen molar-refractivity contribution >= 4 is 22.8 Å². The van der Waals surface area contributed by atoms with E-state index in [9.17, 15) is 4.79 Å². The number of anilines is 1. The molecular formula is C25H28N4O3. The molecule has 1 saturated heterocycles. The molecule has 0 N–H and O–H groups in total. The maximum Gasteiger partial charge on any atom is 0.245 e. The Bertz CT molecular complexity index is 1150. The van der Waals surface area contributed by atoms with Crippen molar-refractivity contribution in [1.29, 1.82) is 0 Å². The van der Waals surface area contributed by atoms with Gasteiger partial charge in [-0.25, -0.2) is 9.97 Å². The number of hydrogen-bond acceptors (Lipinski definition) is 6. The highest BCUT2D eigenvalue weighted by Crippen LogP contribution is 2.34. The van der Waals surface area contributed by atoms with Gasteiger partial charge in [-0.2, -0.15) is 0 Å². The van der Waals surface area contributed by atoms with Crippen molar-refractivity contribution in [2.75, 3.05) is 31.7 Å². The molecule has 0 spiro atoms. The van der Waals surface area contributed by atoms with Crippen LogP contribution in [0.3, 0.4) is 0 Å². The average Bonchev–Trinajstić information content (AvgIpc) is 3.29. The van der Waals surface area contributed by atoms with Gasteiger partial charge in [-0.15, -0.1) is 0 Å². The first-order valence-corrected chi connectivity index (χ1v) is 11.2. The molecule has 2 aromatic carbocycles.